The molecule has 0 saturated heterocycles. The predicted octanol–water partition coefficient (Wildman–Crippen LogP) is 3.86. The number of likely N-dealkylation sites (N-methyl/N-ethyl adjacent to an activating group) is 2. The van der Waals surface area contributed by atoms with Crippen molar-refractivity contribution in [3.63, 3.8) is 0 Å². The average Bonchev–Trinajstić information content (AvgIpc) is 3.41. The number of hydrogen-bond donors (Lipinski definition) is 3. The summed E-state index contributed by atoms with van der Waals surface area (Å²) in [6.45, 7) is 5.71. The van der Waals surface area contributed by atoms with Gasteiger partial charge in [0.15, 0.2) is 0 Å². The van der Waals surface area contributed by atoms with Crippen molar-refractivity contribution in [2.24, 2.45) is 0 Å². The van der Waals surface area contributed by atoms with Crippen LogP contribution in [0.15, 0.2) is 42.1 Å². The van der Waals surface area contributed by atoms with Gasteiger partial charge in [0.1, 0.15) is 11.9 Å². The van der Waals surface area contributed by atoms with E-state index in [4.69, 9.17) is 0 Å². The molecule has 2 amide bonds. The van der Waals surface area contributed by atoms with Gasteiger partial charge in [0.25, 0.3) is 0 Å². The van der Waals surface area contributed by atoms with Gasteiger partial charge in [-0.05, 0) is 52.1 Å². The van der Waals surface area contributed by atoms with E-state index in [1.54, 1.807) is 37.6 Å². The van der Waals surface area contributed by atoms with Crippen molar-refractivity contribution in [1.82, 2.24) is 30.1 Å². The lowest BCUT2D eigenvalue weighted by Gasteiger charge is -2.23. The van der Waals surface area contributed by atoms with Crippen LogP contribution in [0.3, 0.4) is 0 Å². The molecular weight excluding hydrogens is 524 g/mol. The molecule has 0 aliphatic rings. The lowest BCUT2D eigenvalue weighted by molar-refractivity contribution is -0.135. The van der Waals surface area contributed by atoms with Crippen LogP contribution in [0, 0.1) is 11.8 Å². The number of benzene rings is 1. The lowest BCUT2D eigenvalue weighted by atomic mass is 10.2. The van der Waals surface area contributed by atoms with Crippen LogP contribution in [0.5, 0.6) is 0 Å². The maximum atomic E-state index is 12.5. The Hall–Kier alpha value is -4.01. The number of hydrogen-bond acceptors (Lipinski definition) is 9. The number of fused-ring (bicyclic) bond motifs is 1. The van der Waals surface area contributed by atoms with Crippen molar-refractivity contribution >= 4 is 50.8 Å². The van der Waals surface area contributed by atoms with Crippen LogP contribution in [0.25, 0.3) is 10.2 Å². The van der Waals surface area contributed by atoms with Gasteiger partial charge in [-0.15, -0.1) is 11.3 Å². The second-order valence-corrected chi connectivity index (χ2v) is 10.4. The molecule has 0 unspecified atom stereocenters. The first kappa shape index (κ1) is 30.5. The minimum atomic E-state index is -0.567. The summed E-state index contributed by atoms with van der Waals surface area (Å²) in [5.74, 6) is 7.09. The molecule has 0 bridgehead atoms. The van der Waals surface area contributed by atoms with Crippen molar-refractivity contribution in [3.05, 3.63) is 47.6 Å². The molecule has 0 fully saturated rings. The van der Waals surface area contributed by atoms with E-state index in [2.05, 4.69) is 49.7 Å². The molecule has 3 aromatic rings. The third-order valence-corrected chi connectivity index (χ3v) is 6.75. The number of rotatable bonds is 13. The Labute approximate surface area is 240 Å². The molecule has 0 radical (unpaired) electrons. The molecule has 1 aromatic carbocycles. The van der Waals surface area contributed by atoms with E-state index in [1.165, 1.54) is 11.0 Å². The van der Waals surface area contributed by atoms with E-state index in [1.807, 2.05) is 42.7 Å². The molecule has 11 heteroatoms. The fourth-order valence-corrected chi connectivity index (χ4v) is 4.23. The third-order valence-electron chi connectivity index (χ3n) is 5.96. The first-order valence-corrected chi connectivity index (χ1v) is 14.2. The maximum absolute atomic E-state index is 12.5. The molecule has 1 atom stereocenters. The number of carbonyl (C=O) groups excluding carboxylic acids is 2. The van der Waals surface area contributed by atoms with E-state index in [0.29, 0.717) is 37.7 Å². The summed E-state index contributed by atoms with van der Waals surface area (Å²) in [5, 5.41) is 9.48. The standard InChI is InChI=1S/C29H38N8O2S/c1-6-15-30-27-22(19-32-29(35-27)34-23-13-14-24-25(18-23)40-20-33-24)11-8-7-9-16-31-28(39)21(2)37(5)26(38)12-10-17-36(3)4/h10,12-14,18-21H,6-7,9,15-17H2,1-5H3,(H,31,39)(H2,30,32,34,35)/b12-10+/t21-/m0/s1. The highest BCUT2D eigenvalue weighted by Gasteiger charge is 2.20. The van der Waals surface area contributed by atoms with Gasteiger partial charge in [-0.1, -0.05) is 24.8 Å². The van der Waals surface area contributed by atoms with Gasteiger partial charge in [-0.3, -0.25) is 9.59 Å². The van der Waals surface area contributed by atoms with Crippen LogP contribution in [0.4, 0.5) is 17.5 Å². The number of anilines is 3. The second kappa shape index (κ2) is 15.5. The molecule has 0 aliphatic heterocycles. The molecule has 3 rings (SSSR count). The van der Waals surface area contributed by atoms with Gasteiger partial charge in [0, 0.05) is 44.9 Å². The minimum Gasteiger partial charge on any atom is -0.369 e. The second-order valence-electron chi connectivity index (χ2n) is 9.53. The van der Waals surface area contributed by atoms with E-state index in [-0.39, 0.29) is 11.8 Å². The van der Waals surface area contributed by atoms with Crippen molar-refractivity contribution in [2.75, 3.05) is 51.4 Å². The predicted molar refractivity (Wildman–Crippen MR) is 163 cm³/mol. The summed E-state index contributed by atoms with van der Waals surface area (Å²) in [5.41, 5.74) is 4.41. The fraction of sp³-hybridized carbons (Fsp3) is 0.414. The molecule has 0 aliphatic carbocycles. The zero-order chi connectivity index (χ0) is 28.9. The number of amides is 2. The summed E-state index contributed by atoms with van der Waals surface area (Å²) in [6, 6.07) is 5.39. The number of carbonyl (C=O) groups is 2. The number of aromatic nitrogens is 3. The summed E-state index contributed by atoms with van der Waals surface area (Å²) in [4.78, 5) is 41.5. The van der Waals surface area contributed by atoms with Gasteiger partial charge >= 0.3 is 0 Å². The Morgan fingerprint density at radius 1 is 1.18 bits per heavy atom. The number of unbranched alkanes of at least 4 members (excludes halogenated alkanes) is 1. The van der Waals surface area contributed by atoms with E-state index in [0.717, 1.165) is 34.4 Å². The van der Waals surface area contributed by atoms with Gasteiger partial charge in [0.2, 0.25) is 17.8 Å². The molecule has 2 heterocycles. The van der Waals surface area contributed by atoms with Crippen LogP contribution in [-0.4, -0.2) is 83.4 Å². The minimum absolute atomic E-state index is 0.193. The first-order valence-electron chi connectivity index (χ1n) is 13.3. The van der Waals surface area contributed by atoms with Crippen LogP contribution >= 0.6 is 11.3 Å². The Morgan fingerprint density at radius 3 is 2.77 bits per heavy atom. The largest absolute Gasteiger partial charge is 0.369 e. The van der Waals surface area contributed by atoms with Gasteiger partial charge in [-0.25, -0.2) is 9.97 Å². The molecule has 2 aromatic heterocycles. The van der Waals surface area contributed by atoms with E-state index >= 15 is 0 Å². The zero-order valence-electron chi connectivity index (χ0n) is 23.8. The zero-order valence-corrected chi connectivity index (χ0v) is 24.6. The van der Waals surface area contributed by atoms with Gasteiger partial charge in [-0.2, -0.15) is 4.98 Å². The quantitative estimate of drug-likeness (QED) is 0.163. The van der Waals surface area contributed by atoms with Crippen LogP contribution in [0.1, 0.15) is 38.7 Å². The van der Waals surface area contributed by atoms with Crippen molar-refractivity contribution < 1.29 is 9.59 Å². The highest BCUT2D eigenvalue weighted by Crippen LogP contribution is 2.24. The molecule has 0 spiro atoms. The molecule has 212 valence electrons. The molecule has 0 saturated carbocycles. The highest BCUT2D eigenvalue weighted by atomic mass is 32.1. The Morgan fingerprint density at radius 2 is 2.00 bits per heavy atom. The molecular formula is C29H38N8O2S. The number of thiazole rings is 1. The summed E-state index contributed by atoms with van der Waals surface area (Å²) >= 11 is 1.59. The molecule has 3 N–H and O–H groups in total. The van der Waals surface area contributed by atoms with Crippen LogP contribution in [-0.2, 0) is 9.59 Å². The summed E-state index contributed by atoms with van der Waals surface area (Å²) in [6.07, 6.45) is 7.23. The van der Waals surface area contributed by atoms with Crippen molar-refractivity contribution in [3.8, 4) is 11.8 Å². The fourth-order valence-electron chi connectivity index (χ4n) is 3.52. The normalized spacial score (nSPS) is 11.8. The first-order chi connectivity index (χ1) is 19.3. The average molecular weight is 563 g/mol. The topological polar surface area (TPSA) is 115 Å². The van der Waals surface area contributed by atoms with Crippen LogP contribution < -0.4 is 16.0 Å². The third kappa shape index (κ3) is 9.32. The summed E-state index contributed by atoms with van der Waals surface area (Å²) in [7, 11) is 5.48. The Bertz CT molecular complexity index is 1380. The SMILES string of the molecule is CCCNc1nc(Nc2ccc3ncsc3c2)ncc1C#CCCCNC(=O)[C@H](C)N(C)C(=O)/C=C/CN(C)C. The molecule has 40 heavy (non-hydrogen) atoms. The monoisotopic (exact) mass is 562 g/mol. The van der Waals surface area contributed by atoms with Gasteiger partial charge < -0.3 is 25.8 Å². The van der Waals surface area contributed by atoms with Crippen molar-refractivity contribution in [2.45, 2.75) is 39.2 Å². The lowest BCUT2D eigenvalue weighted by Crippen LogP contribution is -2.45. The number of nitrogens with one attached hydrogen (secondary N) is 3. The van der Waals surface area contributed by atoms with Gasteiger partial charge in [0.05, 0.1) is 27.5 Å². The molecule has 10 nitrogen and oxygen atoms in total. The van der Waals surface area contributed by atoms with E-state index < -0.39 is 6.04 Å². The van der Waals surface area contributed by atoms with Crippen molar-refractivity contribution in [1.29, 1.82) is 0 Å². The Kier molecular flexibility index (Phi) is 11.9. The summed E-state index contributed by atoms with van der Waals surface area (Å²) < 4.78 is 1.09. The Balaban J connectivity index is 1.51. The smallest absolute Gasteiger partial charge is 0.246 e. The van der Waals surface area contributed by atoms with Crippen LogP contribution in [0.2, 0.25) is 0 Å². The van der Waals surface area contributed by atoms with E-state index in [9.17, 15) is 9.59 Å². The maximum Gasteiger partial charge on any atom is 0.246 e. The number of nitrogens with zero attached hydrogens (tertiary/aromatic N) is 5. The highest BCUT2D eigenvalue weighted by molar-refractivity contribution is 7.16.